The molecular weight excluding hydrogens is 318 g/mol. The summed E-state index contributed by atoms with van der Waals surface area (Å²) < 4.78 is 0. The molecule has 0 bridgehead atoms. The minimum atomic E-state index is 0.0911. The molecule has 24 heavy (non-hydrogen) atoms. The van der Waals surface area contributed by atoms with Crippen LogP contribution in [-0.2, 0) is 4.79 Å². The molecule has 1 N–H and O–H groups in total. The van der Waals surface area contributed by atoms with E-state index < -0.39 is 0 Å². The predicted octanol–water partition coefficient (Wildman–Crippen LogP) is 3.32. The number of piperidine rings is 1. The maximum Gasteiger partial charge on any atom is 0.230 e. The van der Waals surface area contributed by atoms with E-state index in [1.165, 1.54) is 44.1 Å². The fraction of sp³-hybridized carbons (Fsp3) is 0.474. The topological polar surface area (TPSA) is 45.2 Å². The molecule has 1 aliphatic rings. The highest BCUT2D eigenvalue weighted by Gasteiger charge is 2.10. The number of nitrogens with zero attached hydrogens (tertiary/aromatic N) is 2. The molecule has 128 valence electrons. The van der Waals surface area contributed by atoms with Gasteiger partial charge in [0.2, 0.25) is 5.91 Å². The number of hydrogen-bond donors (Lipinski definition) is 1. The highest BCUT2D eigenvalue weighted by atomic mass is 32.2. The Balaban J connectivity index is 1.39. The van der Waals surface area contributed by atoms with E-state index in [-0.39, 0.29) is 5.91 Å². The number of pyridine rings is 1. The second-order valence-corrected chi connectivity index (χ2v) is 7.20. The molecule has 0 saturated carbocycles. The summed E-state index contributed by atoms with van der Waals surface area (Å²) in [6.07, 6.45) is 6.85. The molecule has 1 aromatic heterocycles. The summed E-state index contributed by atoms with van der Waals surface area (Å²) >= 11 is 1.51. The van der Waals surface area contributed by atoms with E-state index in [1.54, 1.807) is 6.20 Å². The van der Waals surface area contributed by atoms with Crippen LogP contribution in [0.15, 0.2) is 41.6 Å². The van der Waals surface area contributed by atoms with Crippen molar-refractivity contribution in [1.82, 2.24) is 15.2 Å². The Bertz CT molecular complexity index is 665. The molecule has 1 saturated heterocycles. The van der Waals surface area contributed by atoms with Crippen LogP contribution in [0.3, 0.4) is 0 Å². The lowest BCUT2D eigenvalue weighted by atomic mass is 10.1. The average molecular weight is 343 g/mol. The molecule has 3 rings (SSSR count). The van der Waals surface area contributed by atoms with Crippen molar-refractivity contribution in [3.63, 3.8) is 0 Å². The van der Waals surface area contributed by atoms with Crippen LogP contribution in [0.2, 0.25) is 0 Å². The number of aromatic nitrogens is 1. The van der Waals surface area contributed by atoms with Gasteiger partial charge in [-0.1, -0.05) is 42.4 Å². The SMILES string of the molecule is O=C(CSc1nccc2ccccc12)NCCCN1CCCCC1. The molecule has 1 aromatic carbocycles. The summed E-state index contributed by atoms with van der Waals surface area (Å²) in [5.74, 6) is 0.512. The molecule has 2 heterocycles. The van der Waals surface area contributed by atoms with Gasteiger partial charge >= 0.3 is 0 Å². The van der Waals surface area contributed by atoms with E-state index in [2.05, 4.69) is 27.3 Å². The zero-order chi connectivity index (χ0) is 16.6. The third-order valence-corrected chi connectivity index (χ3v) is 5.40. The zero-order valence-corrected chi connectivity index (χ0v) is 14.9. The van der Waals surface area contributed by atoms with Crippen LogP contribution < -0.4 is 5.32 Å². The third kappa shape index (κ3) is 4.95. The van der Waals surface area contributed by atoms with Crippen molar-refractivity contribution in [2.75, 3.05) is 31.9 Å². The molecule has 1 aliphatic heterocycles. The zero-order valence-electron chi connectivity index (χ0n) is 14.0. The van der Waals surface area contributed by atoms with E-state index in [4.69, 9.17) is 0 Å². The van der Waals surface area contributed by atoms with Crippen LogP contribution in [-0.4, -0.2) is 47.7 Å². The standard InChI is InChI=1S/C19H25N3OS/c23-18(20-10-6-14-22-12-4-1-5-13-22)15-24-19-17-8-3-2-7-16(17)9-11-21-19/h2-3,7-9,11H,1,4-6,10,12-15H2,(H,20,23). The highest BCUT2D eigenvalue weighted by Crippen LogP contribution is 2.25. The van der Waals surface area contributed by atoms with Crippen LogP contribution in [0.4, 0.5) is 0 Å². The van der Waals surface area contributed by atoms with Crippen molar-refractivity contribution in [3.8, 4) is 0 Å². The van der Waals surface area contributed by atoms with Gasteiger partial charge in [-0.2, -0.15) is 0 Å². The second kappa shape index (κ2) is 9.04. The van der Waals surface area contributed by atoms with E-state index in [0.717, 1.165) is 35.3 Å². The van der Waals surface area contributed by atoms with Gasteiger partial charge in [0.15, 0.2) is 0 Å². The summed E-state index contributed by atoms with van der Waals surface area (Å²) in [6.45, 7) is 4.30. The van der Waals surface area contributed by atoms with Gasteiger partial charge in [-0.3, -0.25) is 4.79 Å². The smallest absolute Gasteiger partial charge is 0.230 e. The van der Waals surface area contributed by atoms with Gasteiger partial charge in [-0.05, 0) is 50.3 Å². The van der Waals surface area contributed by atoms with Crippen molar-refractivity contribution in [3.05, 3.63) is 36.5 Å². The average Bonchev–Trinajstić information content (AvgIpc) is 2.64. The van der Waals surface area contributed by atoms with Gasteiger partial charge < -0.3 is 10.2 Å². The van der Waals surface area contributed by atoms with Crippen LogP contribution in [0.25, 0.3) is 10.8 Å². The summed E-state index contributed by atoms with van der Waals surface area (Å²) in [7, 11) is 0. The van der Waals surface area contributed by atoms with Crippen LogP contribution >= 0.6 is 11.8 Å². The first-order chi connectivity index (χ1) is 11.8. The number of fused-ring (bicyclic) bond motifs is 1. The lowest BCUT2D eigenvalue weighted by Gasteiger charge is -2.26. The van der Waals surface area contributed by atoms with Gasteiger partial charge in [-0.15, -0.1) is 0 Å². The summed E-state index contributed by atoms with van der Waals surface area (Å²) in [6, 6.07) is 10.2. The number of likely N-dealkylation sites (tertiary alicyclic amines) is 1. The maximum absolute atomic E-state index is 12.0. The van der Waals surface area contributed by atoms with E-state index >= 15 is 0 Å². The van der Waals surface area contributed by atoms with Gasteiger partial charge in [0, 0.05) is 18.1 Å². The number of amides is 1. The van der Waals surface area contributed by atoms with Gasteiger partial charge in [0.1, 0.15) is 5.03 Å². The first-order valence-corrected chi connectivity index (χ1v) is 9.77. The number of carbonyl (C=O) groups excluding carboxylic acids is 1. The van der Waals surface area contributed by atoms with Crippen molar-refractivity contribution < 1.29 is 4.79 Å². The monoisotopic (exact) mass is 343 g/mol. The quantitative estimate of drug-likeness (QED) is 0.619. The molecule has 0 unspecified atom stereocenters. The van der Waals surface area contributed by atoms with Crippen molar-refractivity contribution >= 4 is 28.4 Å². The Labute approximate surface area is 148 Å². The number of rotatable bonds is 7. The number of nitrogens with one attached hydrogen (secondary N) is 1. The highest BCUT2D eigenvalue weighted by molar-refractivity contribution is 8.00. The lowest BCUT2D eigenvalue weighted by Crippen LogP contribution is -2.33. The van der Waals surface area contributed by atoms with Crippen LogP contribution in [0.1, 0.15) is 25.7 Å². The van der Waals surface area contributed by atoms with Crippen molar-refractivity contribution in [1.29, 1.82) is 0 Å². The molecular formula is C19H25N3OS. The molecule has 1 fully saturated rings. The number of hydrogen-bond acceptors (Lipinski definition) is 4. The first-order valence-electron chi connectivity index (χ1n) is 8.78. The van der Waals surface area contributed by atoms with Gasteiger partial charge in [0.05, 0.1) is 5.75 Å². The summed E-state index contributed by atoms with van der Waals surface area (Å²) in [5, 5.41) is 6.23. The normalized spacial score (nSPS) is 15.5. The minimum Gasteiger partial charge on any atom is -0.355 e. The second-order valence-electron chi connectivity index (χ2n) is 6.23. The Morgan fingerprint density at radius 1 is 1.17 bits per heavy atom. The lowest BCUT2D eigenvalue weighted by molar-refractivity contribution is -0.118. The van der Waals surface area contributed by atoms with Crippen molar-refractivity contribution in [2.45, 2.75) is 30.7 Å². The maximum atomic E-state index is 12.0. The van der Waals surface area contributed by atoms with Gasteiger partial charge in [-0.25, -0.2) is 4.98 Å². The molecule has 2 aromatic rings. The van der Waals surface area contributed by atoms with Gasteiger partial charge in [0.25, 0.3) is 0 Å². The molecule has 0 aliphatic carbocycles. The van der Waals surface area contributed by atoms with E-state index in [9.17, 15) is 4.79 Å². The van der Waals surface area contributed by atoms with Crippen molar-refractivity contribution in [2.24, 2.45) is 0 Å². The summed E-state index contributed by atoms with van der Waals surface area (Å²) in [5.41, 5.74) is 0. The largest absolute Gasteiger partial charge is 0.355 e. The fourth-order valence-corrected chi connectivity index (χ4v) is 3.95. The van der Waals surface area contributed by atoms with Crippen LogP contribution in [0.5, 0.6) is 0 Å². The molecule has 1 amide bonds. The molecule has 4 nitrogen and oxygen atoms in total. The molecule has 0 radical (unpaired) electrons. The molecule has 5 heteroatoms. The number of benzene rings is 1. The third-order valence-electron chi connectivity index (χ3n) is 4.40. The van der Waals surface area contributed by atoms with E-state index in [0.29, 0.717) is 5.75 Å². The summed E-state index contributed by atoms with van der Waals surface area (Å²) in [4.78, 5) is 18.9. The minimum absolute atomic E-state index is 0.0911. The molecule has 0 atom stereocenters. The Hall–Kier alpha value is -1.59. The Morgan fingerprint density at radius 2 is 2.00 bits per heavy atom. The number of thioether (sulfide) groups is 1. The Morgan fingerprint density at radius 3 is 2.88 bits per heavy atom. The van der Waals surface area contributed by atoms with E-state index in [1.807, 2.05) is 18.2 Å². The number of carbonyl (C=O) groups is 1. The first kappa shape index (κ1) is 17.2. The predicted molar refractivity (Wildman–Crippen MR) is 100 cm³/mol. The Kier molecular flexibility index (Phi) is 6.49. The fourth-order valence-electron chi connectivity index (χ4n) is 3.11. The van der Waals surface area contributed by atoms with Crippen LogP contribution in [0, 0.1) is 0 Å². The molecule has 0 spiro atoms.